The number of nitrogens with one attached hydrogen (secondary N) is 2. The number of carbonyl (C=O) groups excluding carboxylic acids is 1. The Balaban J connectivity index is 2.44. The number of hydrogen-bond donors (Lipinski definition) is 3. The van der Waals surface area contributed by atoms with E-state index in [9.17, 15) is 9.00 Å². The van der Waals surface area contributed by atoms with E-state index < -0.39 is 10.8 Å². The number of hydrogen-bond acceptors (Lipinski definition) is 7. The Morgan fingerprint density at radius 1 is 1.50 bits per heavy atom. The van der Waals surface area contributed by atoms with Crippen LogP contribution in [-0.2, 0) is 15.5 Å². The number of rotatable bonds is 9. The lowest BCUT2D eigenvalue weighted by atomic mass is 10.4. The quantitative estimate of drug-likeness (QED) is 0.564. The molecule has 0 aliphatic carbocycles. The number of nitrogen functional groups attached to an aromatic ring is 1. The fourth-order valence-electron chi connectivity index (χ4n) is 1.39. The number of anilines is 2. The van der Waals surface area contributed by atoms with E-state index in [4.69, 9.17) is 10.5 Å². The molecule has 1 aromatic heterocycles. The van der Waals surface area contributed by atoms with Crippen LogP contribution in [0.15, 0.2) is 0 Å². The monoisotopic (exact) mass is 320 g/mol. The van der Waals surface area contributed by atoms with Gasteiger partial charge >= 0.3 is 0 Å². The van der Waals surface area contributed by atoms with E-state index in [-0.39, 0.29) is 11.7 Å². The number of aromatic nitrogens is 1. The standard InChI is InChI=1S/C11H20N4O3S2/c1-18-6-5-14-11-15-9(12)8(19-11)10(16)13-4-3-7-20(2)17/h3-7,12H2,1-2H3,(H,13,16)(H,14,15). The number of carbonyl (C=O) groups is 1. The minimum Gasteiger partial charge on any atom is -0.383 e. The van der Waals surface area contributed by atoms with Gasteiger partial charge in [0.05, 0.1) is 6.61 Å². The molecule has 0 fully saturated rings. The zero-order valence-electron chi connectivity index (χ0n) is 11.6. The summed E-state index contributed by atoms with van der Waals surface area (Å²) in [5.74, 6) is 0.538. The third kappa shape index (κ3) is 5.85. The minimum absolute atomic E-state index is 0.214. The van der Waals surface area contributed by atoms with E-state index in [0.29, 0.717) is 41.9 Å². The summed E-state index contributed by atoms with van der Waals surface area (Å²) < 4.78 is 15.8. The maximum atomic E-state index is 11.9. The first-order valence-electron chi connectivity index (χ1n) is 6.12. The van der Waals surface area contributed by atoms with Crippen LogP contribution in [0, 0.1) is 0 Å². The fourth-order valence-corrected chi connectivity index (χ4v) is 2.77. The maximum Gasteiger partial charge on any atom is 0.265 e. The van der Waals surface area contributed by atoms with Crippen LogP contribution >= 0.6 is 11.3 Å². The molecular formula is C11H20N4O3S2. The van der Waals surface area contributed by atoms with Crippen LogP contribution in [0.3, 0.4) is 0 Å². The van der Waals surface area contributed by atoms with E-state index in [1.807, 2.05) is 0 Å². The highest BCUT2D eigenvalue weighted by molar-refractivity contribution is 7.84. The fraction of sp³-hybridized carbons (Fsp3) is 0.636. The highest BCUT2D eigenvalue weighted by Crippen LogP contribution is 2.24. The molecule has 0 spiro atoms. The molecule has 9 heteroatoms. The van der Waals surface area contributed by atoms with Crippen LogP contribution < -0.4 is 16.4 Å². The third-order valence-corrected chi connectivity index (χ3v) is 4.23. The van der Waals surface area contributed by atoms with Crippen LogP contribution in [0.5, 0.6) is 0 Å². The van der Waals surface area contributed by atoms with Gasteiger partial charge in [0.25, 0.3) is 5.91 Å². The average Bonchev–Trinajstić information content (AvgIpc) is 2.76. The molecule has 1 unspecified atom stereocenters. The second-order valence-corrected chi connectivity index (χ2v) is 6.59. The van der Waals surface area contributed by atoms with E-state index in [1.165, 1.54) is 11.3 Å². The molecule has 114 valence electrons. The van der Waals surface area contributed by atoms with Crippen molar-refractivity contribution in [2.24, 2.45) is 0 Å². The molecule has 0 radical (unpaired) electrons. The minimum atomic E-state index is -0.837. The molecule has 7 nitrogen and oxygen atoms in total. The SMILES string of the molecule is COCCNc1nc(N)c(C(=O)NCCCS(C)=O)s1. The topological polar surface area (TPSA) is 106 Å². The van der Waals surface area contributed by atoms with Crippen molar-refractivity contribution in [1.29, 1.82) is 0 Å². The highest BCUT2D eigenvalue weighted by Gasteiger charge is 2.15. The molecule has 0 aliphatic rings. The van der Waals surface area contributed by atoms with Crippen molar-refractivity contribution in [2.75, 3.05) is 49.9 Å². The second-order valence-electron chi connectivity index (χ2n) is 4.04. The Hall–Kier alpha value is -1.19. The lowest BCUT2D eigenvalue weighted by Gasteiger charge is -2.02. The molecule has 0 bridgehead atoms. The lowest BCUT2D eigenvalue weighted by molar-refractivity contribution is 0.0958. The zero-order valence-corrected chi connectivity index (χ0v) is 13.2. The Kier molecular flexibility index (Phi) is 7.48. The summed E-state index contributed by atoms with van der Waals surface area (Å²) in [6, 6.07) is 0. The van der Waals surface area contributed by atoms with Gasteiger partial charge in [-0.2, -0.15) is 0 Å². The van der Waals surface area contributed by atoms with Gasteiger partial charge in [0.1, 0.15) is 10.7 Å². The van der Waals surface area contributed by atoms with Crippen molar-refractivity contribution in [3.8, 4) is 0 Å². The molecule has 0 aromatic carbocycles. The number of ether oxygens (including phenoxy) is 1. The summed E-state index contributed by atoms with van der Waals surface area (Å²) in [6.45, 7) is 1.63. The molecule has 1 amide bonds. The summed E-state index contributed by atoms with van der Waals surface area (Å²) in [5.41, 5.74) is 5.72. The van der Waals surface area contributed by atoms with Crippen LogP contribution in [0.2, 0.25) is 0 Å². The molecule has 1 aromatic rings. The Bertz CT molecular complexity index is 465. The highest BCUT2D eigenvalue weighted by atomic mass is 32.2. The van der Waals surface area contributed by atoms with Crippen molar-refractivity contribution in [2.45, 2.75) is 6.42 Å². The van der Waals surface area contributed by atoms with E-state index in [2.05, 4.69) is 15.6 Å². The molecule has 0 aliphatic heterocycles. The summed E-state index contributed by atoms with van der Waals surface area (Å²) in [5, 5.41) is 6.36. The molecule has 1 rings (SSSR count). The lowest BCUT2D eigenvalue weighted by Crippen LogP contribution is -2.25. The van der Waals surface area contributed by atoms with Gasteiger partial charge in [-0.1, -0.05) is 11.3 Å². The summed E-state index contributed by atoms with van der Waals surface area (Å²) in [7, 11) is 0.774. The largest absolute Gasteiger partial charge is 0.383 e. The van der Waals surface area contributed by atoms with E-state index in [1.54, 1.807) is 13.4 Å². The van der Waals surface area contributed by atoms with E-state index >= 15 is 0 Å². The summed E-state index contributed by atoms with van der Waals surface area (Å²) in [6.07, 6.45) is 2.31. The number of nitrogens with two attached hydrogens (primary N) is 1. The molecule has 0 saturated carbocycles. The Labute approximate surface area is 124 Å². The second kappa shape index (κ2) is 8.88. The smallest absolute Gasteiger partial charge is 0.265 e. The number of amides is 1. The third-order valence-electron chi connectivity index (χ3n) is 2.34. The van der Waals surface area contributed by atoms with Gasteiger partial charge in [0.15, 0.2) is 5.13 Å². The molecule has 4 N–H and O–H groups in total. The van der Waals surface area contributed by atoms with Crippen LogP contribution in [0.1, 0.15) is 16.1 Å². The summed E-state index contributed by atoms with van der Waals surface area (Å²) in [4.78, 5) is 16.4. The Morgan fingerprint density at radius 2 is 2.25 bits per heavy atom. The molecule has 0 saturated heterocycles. The first-order chi connectivity index (χ1) is 9.54. The number of nitrogens with zero attached hydrogens (tertiary/aromatic N) is 1. The first-order valence-corrected chi connectivity index (χ1v) is 8.66. The predicted octanol–water partition coefficient (Wildman–Crippen LogP) is 0.282. The van der Waals surface area contributed by atoms with Crippen molar-refractivity contribution in [3.05, 3.63) is 4.88 Å². The predicted molar refractivity (Wildman–Crippen MR) is 82.8 cm³/mol. The van der Waals surface area contributed by atoms with Gasteiger partial charge in [-0.15, -0.1) is 0 Å². The average molecular weight is 320 g/mol. The van der Waals surface area contributed by atoms with Gasteiger partial charge in [-0.05, 0) is 6.42 Å². The zero-order chi connectivity index (χ0) is 15.0. The van der Waals surface area contributed by atoms with Gasteiger partial charge in [-0.3, -0.25) is 9.00 Å². The number of methoxy groups -OCH3 is 1. The molecule has 1 heterocycles. The van der Waals surface area contributed by atoms with Crippen LogP contribution in [0.4, 0.5) is 10.9 Å². The number of thiazole rings is 1. The van der Waals surface area contributed by atoms with Gasteiger partial charge in [0.2, 0.25) is 0 Å². The van der Waals surface area contributed by atoms with Crippen molar-refractivity contribution in [3.63, 3.8) is 0 Å². The molecule has 1 atom stereocenters. The maximum absolute atomic E-state index is 11.9. The van der Waals surface area contributed by atoms with Gasteiger partial charge in [0, 0.05) is 43.0 Å². The molecular weight excluding hydrogens is 300 g/mol. The van der Waals surface area contributed by atoms with Crippen molar-refractivity contribution in [1.82, 2.24) is 10.3 Å². The molecule has 20 heavy (non-hydrogen) atoms. The van der Waals surface area contributed by atoms with E-state index in [0.717, 1.165) is 0 Å². The van der Waals surface area contributed by atoms with Crippen molar-refractivity contribution < 1.29 is 13.7 Å². The summed E-state index contributed by atoms with van der Waals surface area (Å²) >= 11 is 1.21. The van der Waals surface area contributed by atoms with Gasteiger partial charge < -0.3 is 21.1 Å². The van der Waals surface area contributed by atoms with Crippen LogP contribution in [-0.4, -0.2) is 53.9 Å². The van der Waals surface area contributed by atoms with Gasteiger partial charge in [-0.25, -0.2) is 4.98 Å². The normalized spacial score (nSPS) is 12.1. The first kappa shape index (κ1) is 16.9. The van der Waals surface area contributed by atoms with Crippen molar-refractivity contribution >= 4 is 39.0 Å². The van der Waals surface area contributed by atoms with Crippen LogP contribution in [0.25, 0.3) is 0 Å². The Morgan fingerprint density at radius 3 is 2.90 bits per heavy atom.